The van der Waals surface area contributed by atoms with Crippen LogP contribution in [-0.4, -0.2) is 136 Å². The lowest BCUT2D eigenvalue weighted by atomic mass is 9.98. The number of carbonyl (C=O) groups is 2. The zero-order valence-electron chi connectivity index (χ0n) is 21.9. The minimum atomic E-state index is -3.44. The van der Waals surface area contributed by atoms with E-state index in [9.17, 15) is 26.4 Å². The van der Waals surface area contributed by atoms with Crippen molar-refractivity contribution in [2.45, 2.75) is 32.6 Å². The molecule has 0 amide bonds. The fraction of sp³-hybridized carbons (Fsp3) is 0.909. The molecule has 4 heterocycles. The zero-order chi connectivity index (χ0) is 27.8. The van der Waals surface area contributed by atoms with Crippen molar-refractivity contribution in [3.8, 4) is 0 Å². The van der Waals surface area contributed by atoms with Crippen molar-refractivity contribution >= 4 is 32.4 Å². The summed E-state index contributed by atoms with van der Waals surface area (Å²) < 4.78 is 70.4. The van der Waals surface area contributed by atoms with E-state index in [2.05, 4.69) is 0 Å². The number of nitrogens with zero attached hydrogens (tertiary/aromatic N) is 4. The Kier molecular flexibility index (Phi) is 11.7. The van der Waals surface area contributed by atoms with Crippen molar-refractivity contribution in [2.75, 3.05) is 85.4 Å². The quantitative estimate of drug-likeness (QED) is 0.375. The minimum Gasteiger partial charge on any atom is -0.481 e. The molecule has 0 bridgehead atoms. The van der Waals surface area contributed by atoms with Gasteiger partial charge in [-0.3, -0.25) is 9.59 Å². The van der Waals surface area contributed by atoms with E-state index in [1.54, 1.807) is 6.92 Å². The van der Waals surface area contributed by atoms with Crippen LogP contribution in [0.5, 0.6) is 0 Å². The van der Waals surface area contributed by atoms with E-state index >= 15 is 0 Å². The lowest BCUT2D eigenvalue weighted by molar-refractivity contribution is -0.149. The van der Waals surface area contributed by atoms with Gasteiger partial charge in [-0.1, -0.05) is 0 Å². The number of carboxylic acids is 1. The van der Waals surface area contributed by atoms with Crippen molar-refractivity contribution in [1.82, 2.24) is 17.2 Å². The first-order chi connectivity index (χ1) is 18.1. The SMILES string of the molecule is CCOC(=O)C1CCN(S(=O)(=O)N2CCOCC2)CC1.O=C(O)C1CCN(S(=O)(=O)N2CCOCC2)CC1. The predicted octanol–water partition coefficient (Wildman–Crippen LogP) is -0.801. The number of rotatable bonds is 7. The summed E-state index contributed by atoms with van der Waals surface area (Å²) >= 11 is 0. The number of piperidine rings is 2. The number of morpholine rings is 2. The Morgan fingerprint density at radius 3 is 1.37 bits per heavy atom. The van der Waals surface area contributed by atoms with E-state index in [1.165, 1.54) is 17.2 Å². The van der Waals surface area contributed by atoms with Crippen LogP contribution in [0, 0.1) is 11.8 Å². The Bertz CT molecular complexity index is 982. The van der Waals surface area contributed by atoms with Gasteiger partial charge < -0.3 is 19.3 Å². The van der Waals surface area contributed by atoms with Gasteiger partial charge in [0.05, 0.1) is 44.9 Å². The number of esters is 1. The molecule has 14 nitrogen and oxygen atoms in total. The first kappa shape index (κ1) is 31.1. The number of aliphatic carboxylic acids is 1. The summed E-state index contributed by atoms with van der Waals surface area (Å²) in [6.45, 7) is 6.76. The third-order valence-electron chi connectivity index (χ3n) is 7.12. The van der Waals surface area contributed by atoms with Gasteiger partial charge in [0.2, 0.25) is 0 Å². The molecule has 220 valence electrons. The summed E-state index contributed by atoms with van der Waals surface area (Å²) in [5, 5.41) is 8.88. The lowest BCUT2D eigenvalue weighted by Crippen LogP contribution is -2.51. The Labute approximate surface area is 225 Å². The number of ether oxygens (including phenoxy) is 3. The summed E-state index contributed by atoms with van der Waals surface area (Å²) in [7, 11) is -6.85. The molecule has 4 rings (SSSR count). The third-order valence-corrected chi connectivity index (χ3v) is 11.2. The van der Waals surface area contributed by atoms with Crippen molar-refractivity contribution in [3.05, 3.63) is 0 Å². The van der Waals surface area contributed by atoms with Gasteiger partial charge in [-0.05, 0) is 32.6 Å². The van der Waals surface area contributed by atoms with E-state index < -0.39 is 32.3 Å². The van der Waals surface area contributed by atoms with Gasteiger partial charge in [0, 0.05) is 52.4 Å². The second-order valence-electron chi connectivity index (χ2n) is 9.48. The Morgan fingerprint density at radius 1 is 0.684 bits per heavy atom. The van der Waals surface area contributed by atoms with E-state index in [4.69, 9.17) is 19.3 Å². The topological polar surface area (TPSA) is 163 Å². The van der Waals surface area contributed by atoms with Crippen LogP contribution in [0.1, 0.15) is 32.6 Å². The molecule has 4 aliphatic rings. The van der Waals surface area contributed by atoms with E-state index in [-0.39, 0.29) is 25.0 Å². The highest BCUT2D eigenvalue weighted by Crippen LogP contribution is 2.23. The molecular weight excluding hydrogens is 544 g/mol. The van der Waals surface area contributed by atoms with Crippen molar-refractivity contribution in [1.29, 1.82) is 0 Å². The molecule has 0 aromatic carbocycles. The average Bonchev–Trinajstić information content (AvgIpc) is 2.94. The zero-order valence-corrected chi connectivity index (χ0v) is 23.5. The fourth-order valence-electron chi connectivity index (χ4n) is 4.80. The van der Waals surface area contributed by atoms with Gasteiger partial charge in [0.25, 0.3) is 20.4 Å². The monoisotopic (exact) mass is 584 g/mol. The molecular formula is C22H40N4O10S2. The summed E-state index contributed by atoms with van der Waals surface area (Å²) in [6.07, 6.45) is 1.84. The Hall–Kier alpha value is -1.40. The van der Waals surface area contributed by atoms with E-state index in [0.717, 1.165) is 0 Å². The van der Waals surface area contributed by atoms with E-state index in [0.29, 0.717) is 98.0 Å². The highest BCUT2D eigenvalue weighted by molar-refractivity contribution is 7.87. The number of hydrogen-bond acceptors (Lipinski definition) is 9. The molecule has 16 heteroatoms. The lowest BCUT2D eigenvalue weighted by Gasteiger charge is -2.35. The molecule has 0 unspecified atom stereocenters. The van der Waals surface area contributed by atoms with Crippen LogP contribution in [0.15, 0.2) is 0 Å². The minimum absolute atomic E-state index is 0.175. The van der Waals surface area contributed by atoms with Crippen LogP contribution >= 0.6 is 0 Å². The Morgan fingerprint density at radius 2 is 1.03 bits per heavy atom. The number of carboxylic acid groups (broad SMARTS) is 1. The molecule has 0 aromatic heterocycles. The van der Waals surface area contributed by atoms with Gasteiger partial charge in [-0.2, -0.15) is 34.1 Å². The second kappa shape index (κ2) is 14.3. The first-order valence-electron chi connectivity index (χ1n) is 13.1. The maximum absolute atomic E-state index is 12.4. The fourth-order valence-corrected chi connectivity index (χ4v) is 8.02. The van der Waals surface area contributed by atoms with E-state index in [1.807, 2.05) is 0 Å². The van der Waals surface area contributed by atoms with Crippen molar-refractivity contribution in [3.63, 3.8) is 0 Å². The maximum Gasteiger partial charge on any atom is 0.309 e. The standard InChI is InChI=1S/C12H22N2O5S.C10H18N2O5S/c1-2-19-12(15)11-3-5-13(6-4-11)20(16,17)14-7-9-18-10-8-14;13-10(14)9-1-3-11(4-2-9)18(15,16)12-5-7-17-8-6-12/h11H,2-10H2,1H3;9H,1-8H2,(H,13,14). The summed E-state index contributed by atoms with van der Waals surface area (Å²) in [5.74, 6) is -1.64. The molecule has 4 aliphatic heterocycles. The third kappa shape index (κ3) is 8.06. The van der Waals surface area contributed by atoms with Crippen LogP contribution in [0.25, 0.3) is 0 Å². The summed E-state index contributed by atoms with van der Waals surface area (Å²) in [4.78, 5) is 22.5. The van der Waals surface area contributed by atoms with Crippen molar-refractivity contribution in [2.24, 2.45) is 11.8 Å². The number of carbonyl (C=O) groups excluding carboxylic acids is 1. The van der Waals surface area contributed by atoms with Gasteiger partial charge >= 0.3 is 11.9 Å². The van der Waals surface area contributed by atoms with Crippen LogP contribution in [0.3, 0.4) is 0 Å². The average molecular weight is 585 g/mol. The largest absolute Gasteiger partial charge is 0.481 e. The second-order valence-corrected chi connectivity index (χ2v) is 13.3. The number of hydrogen-bond donors (Lipinski definition) is 1. The summed E-state index contributed by atoms with van der Waals surface area (Å²) in [5.41, 5.74) is 0. The highest BCUT2D eigenvalue weighted by atomic mass is 32.2. The molecule has 0 aromatic rings. The van der Waals surface area contributed by atoms with Crippen LogP contribution in [-0.2, 0) is 44.2 Å². The molecule has 0 aliphatic carbocycles. The van der Waals surface area contributed by atoms with Crippen LogP contribution < -0.4 is 0 Å². The summed E-state index contributed by atoms with van der Waals surface area (Å²) in [6, 6.07) is 0. The molecule has 0 atom stereocenters. The highest BCUT2D eigenvalue weighted by Gasteiger charge is 2.36. The molecule has 1 N–H and O–H groups in total. The van der Waals surface area contributed by atoms with Gasteiger partial charge in [0.1, 0.15) is 0 Å². The molecule has 4 saturated heterocycles. The predicted molar refractivity (Wildman–Crippen MR) is 135 cm³/mol. The molecule has 0 radical (unpaired) electrons. The van der Waals surface area contributed by atoms with Crippen LogP contribution in [0.4, 0.5) is 0 Å². The molecule has 4 fully saturated rings. The smallest absolute Gasteiger partial charge is 0.309 e. The Balaban J connectivity index is 0.000000212. The maximum atomic E-state index is 12.4. The molecule has 0 saturated carbocycles. The molecule has 38 heavy (non-hydrogen) atoms. The molecule has 0 spiro atoms. The normalized spacial score (nSPS) is 24.3. The van der Waals surface area contributed by atoms with Gasteiger partial charge in [-0.25, -0.2) is 0 Å². The van der Waals surface area contributed by atoms with Gasteiger partial charge in [0.15, 0.2) is 0 Å². The van der Waals surface area contributed by atoms with Crippen LogP contribution in [0.2, 0.25) is 0 Å². The van der Waals surface area contributed by atoms with Gasteiger partial charge in [-0.15, -0.1) is 0 Å². The van der Waals surface area contributed by atoms with Crippen molar-refractivity contribution < 1.29 is 45.7 Å². The first-order valence-corrected chi connectivity index (χ1v) is 15.9.